The van der Waals surface area contributed by atoms with Crippen molar-refractivity contribution < 1.29 is 39.6 Å². The van der Waals surface area contributed by atoms with Crippen molar-refractivity contribution in [2.45, 2.75) is 84.0 Å². The Balaban J connectivity index is -0.000000449. The fourth-order valence-electron chi connectivity index (χ4n) is 2.48. The molecule has 1 rings (SSSR count). The Morgan fingerprint density at radius 2 is 1.15 bits per heavy atom. The SMILES string of the molecule is CC(C)C(N)C(=O)O.CC(C)CC(N)C(=O)O.NC(Cc1ccccc1)C(=O)O.NCCCCC(N)C(=O)O. The van der Waals surface area contributed by atoms with Crippen LogP contribution in [0.5, 0.6) is 0 Å². The minimum Gasteiger partial charge on any atom is -0.480 e. The van der Waals surface area contributed by atoms with E-state index < -0.39 is 48.0 Å². The third-order valence-electron chi connectivity index (χ3n) is 4.95. The average molecular weight is 560 g/mol. The third-order valence-corrected chi connectivity index (χ3v) is 4.95. The Morgan fingerprint density at radius 3 is 1.44 bits per heavy atom. The van der Waals surface area contributed by atoms with Gasteiger partial charge in [0.15, 0.2) is 0 Å². The van der Waals surface area contributed by atoms with Gasteiger partial charge in [-0.3, -0.25) is 19.2 Å². The van der Waals surface area contributed by atoms with E-state index in [-0.39, 0.29) is 5.92 Å². The summed E-state index contributed by atoms with van der Waals surface area (Å²) in [7, 11) is 0. The second-order valence-corrected chi connectivity index (χ2v) is 9.55. The van der Waals surface area contributed by atoms with Crippen LogP contribution in [0.2, 0.25) is 0 Å². The van der Waals surface area contributed by atoms with Crippen molar-refractivity contribution in [2.24, 2.45) is 40.5 Å². The highest BCUT2D eigenvalue weighted by molar-refractivity contribution is 5.74. The van der Waals surface area contributed by atoms with Crippen molar-refractivity contribution in [3.05, 3.63) is 35.9 Å². The lowest BCUT2D eigenvalue weighted by molar-refractivity contribution is -0.140. The van der Waals surface area contributed by atoms with Gasteiger partial charge in [-0.1, -0.05) is 64.4 Å². The molecule has 0 aliphatic carbocycles. The van der Waals surface area contributed by atoms with E-state index in [1.807, 2.05) is 44.2 Å². The Kier molecular flexibility index (Phi) is 24.8. The first-order valence-electron chi connectivity index (χ1n) is 12.6. The molecule has 13 nitrogen and oxygen atoms in total. The molecule has 4 unspecified atom stereocenters. The van der Waals surface area contributed by atoms with Crippen LogP contribution in [0.4, 0.5) is 0 Å². The quantitative estimate of drug-likeness (QED) is 0.150. The molecule has 13 heteroatoms. The van der Waals surface area contributed by atoms with Crippen molar-refractivity contribution in [1.29, 1.82) is 0 Å². The van der Waals surface area contributed by atoms with E-state index >= 15 is 0 Å². The smallest absolute Gasteiger partial charge is 0.320 e. The van der Waals surface area contributed by atoms with Crippen LogP contribution in [0.1, 0.15) is 58.9 Å². The zero-order valence-electron chi connectivity index (χ0n) is 23.4. The lowest BCUT2D eigenvalue weighted by Crippen LogP contribution is -2.34. The maximum absolute atomic E-state index is 10.4. The number of carbonyl (C=O) groups is 4. The Hall–Kier alpha value is -3.10. The van der Waals surface area contributed by atoms with E-state index in [2.05, 4.69) is 0 Å². The van der Waals surface area contributed by atoms with Gasteiger partial charge in [-0.15, -0.1) is 0 Å². The summed E-state index contributed by atoms with van der Waals surface area (Å²) in [5, 5.41) is 33.4. The molecule has 0 aliphatic heterocycles. The first-order valence-corrected chi connectivity index (χ1v) is 12.6. The van der Waals surface area contributed by atoms with Crippen LogP contribution in [0.15, 0.2) is 30.3 Å². The fraction of sp³-hybridized carbons (Fsp3) is 0.615. The molecule has 4 atom stereocenters. The maximum Gasteiger partial charge on any atom is 0.320 e. The lowest BCUT2D eigenvalue weighted by Gasteiger charge is -2.07. The van der Waals surface area contributed by atoms with E-state index in [0.29, 0.717) is 31.7 Å². The van der Waals surface area contributed by atoms with Crippen LogP contribution >= 0.6 is 0 Å². The topological polar surface area (TPSA) is 279 Å². The van der Waals surface area contributed by atoms with Gasteiger partial charge in [0.1, 0.15) is 24.2 Å². The number of nitrogens with two attached hydrogens (primary N) is 5. The normalized spacial score (nSPS) is 13.2. The summed E-state index contributed by atoms with van der Waals surface area (Å²) < 4.78 is 0. The van der Waals surface area contributed by atoms with E-state index in [1.54, 1.807) is 13.8 Å². The van der Waals surface area contributed by atoms with Gasteiger partial charge in [0.25, 0.3) is 0 Å². The summed E-state index contributed by atoms with van der Waals surface area (Å²) in [6.07, 6.45) is 3.10. The molecule has 0 saturated heterocycles. The predicted octanol–water partition coefficient (Wildman–Crippen LogP) is 0.667. The molecule has 226 valence electrons. The van der Waals surface area contributed by atoms with Gasteiger partial charge in [0.2, 0.25) is 0 Å². The highest BCUT2D eigenvalue weighted by atomic mass is 16.4. The third kappa shape index (κ3) is 26.3. The minimum atomic E-state index is -0.959. The highest BCUT2D eigenvalue weighted by Gasteiger charge is 2.14. The molecular formula is C26H49N5O8. The van der Waals surface area contributed by atoms with E-state index in [4.69, 9.17) is 49.1 Å². The molecule has 0 saturated carbocycles. The van der Waals surface area contributed by atoms with Crippen LogP contribution in [0.25, 0.3) is 0 Å². The van der Waals surface area contributed by atoms with Crippen LogP contribution in [0, 0.1) is 11.8 Å². The maximum atomic E-state index is 10.4. The first kappa shape index (κ1) is 40.4. The summed E-state index contributed by atoms with van der Waals surface area (Å²) in [5.41, 5.74) is 27.1. The molecule has 0 heterocycles. The molecule has 0 spiro atoms. The second-order valence-electron chi connectivity index (χ2n) is 9.55. The van der Waals surface area contributed by atoms with Gasteiger partial charge >= 0.3 is 23.9 Å². The van der Waals surface area contributed by atoms with Crippen LogP contribution < -0.4 is 28.7 Å². The number of hydrogen-bond acceptors (Lipinski definition) is 9. The average Bonchev–Trinajstić information content (AvgIpc) is 2.84. The van der Waals surface area contributed by atoms with Crippen molar-refractivity contribution >= 4 is 23.9 Å². The Bertz CT molecular complexity index is 809. The second kappa shape index (κ2) is 24.0. The van der Waals surface area contributed by atoms with Gasteiger partial charge in [-0.25, -0.2) is 0 Å². The number of rotatable bonds is 13. The number of carboxylic acid groups (broad SMARTS) is 4. The van der Waals surface area contributed by atoms with Crippen molar-refractivity contribution in [3.8, 4) is 0 Å². The summed E-state index contributed by atoms with van der Waals surface area (Å²) >= 11 is 0. The van der Waals surface area contributed by atoms with Crippen LogP contribution in [0.3, 0.4) is 0 Å². The zero-order valence-corrected chi connectivity index (χ0v) is 23.4. The van der Waals surface area contributed by atoms with Crippen LogP contribution in [-0.2, 0) is 25.6 Å². The number of benzene rings is 1. The molecule has 0 amide bonds. The van der Waals surface area contributed by atoms with Crippen molar-refractivity contribution in [1.82, 2.24) is 0 Å². The van der Waals surface area contributed by atoms with Gasteiger partial charge < -0.3 is 49.1 Å². The van der Waals surface area contributed by atoms with Crippen LogP contribution in [-0.4, -0.2) is 75.0 Å². The molecular weight excluding hydrogens is 510 g/mol. The van der Waals surface area contributed by atoms with Crippen molar-refractivity contribution in [3.63, 3.8) is 0 Å². The van der Waals surface area contributed by atoms with Gasteiger partial charge in [0.05, 0.1) is 0 Å². The number of aliphatic carboxylic acids is 4. The van der Waals surface area contributed by atoms with Gasteiger partial charge in [-0.05, 0) is 49.6 Å². The van der Waals surface area contributed by atoms with E-state index in [9.17, 15) is 19.2 Å². The highest BCUT2D eigenvalue weighted by Crippen LogP contribution is 2.02. The fourth-order valence-corrected chi connectivity index (χ4v) is 2.48. The monoisotopic (exact) mass is 559 g/mol. The predicted molar refractivity (Wildman–Crippen MR) is 150 cm³/mol. The molecule has 0 aromatic heterocycles. The van der Waals surface area contributed by atoms with E-state index in [1.165, 1.54) is 0 Å². The molecule has 1 aromatic carbocycles. The molecule has 39 heavy (non-hydrogen) atoms. The number of unbranched alkanes of at least 4 members (excludes halogenated alkanes) is 1. The van der Waals surface area contributed by atoms with E-state index in [0.717, 1.165) is 18.4 Å². The summed E-state index contributed by atoms with van der Waals surface area (Å²) in [6, 6.07) is 6.42. The molecule has 0 fully saturated rings. The molecule has 0 bridgehead atoms. The Morgan fingerprint density at radius 1 is 0.692 bits per heavy atom. The van der Waals surface area contributed by atoms with Gasteiger partial charge in [-0.2, -0.15) is 0 Å². The Labute approximate surface area is 230 Å². The number of carboxylic acids is 4. The molecule has 0 radical (unpaired) electrons. The summed E-state index contributed by atoms with van der Waals surface area (Å²) in [4.78, 5) is 40.6. The first-order chi connectivity index (χ1) is 18.0. The number of hydrogen-bond donors (Lipinski definition) is 9. The summed E-state index contributed by atoms with van der Waals surface area (Å²) in [5.74, 6) is -3.36. The molecule has 1 aromatic rings. The largest absolute Gasteiger partial charge is 0.480 e. The lowest BCUT2D eigenvalue weighted by atomic mass is 10.1. The molecule has 0 aliphatic rings. The molecule has 14 N–H and O–H groups in total. The van der Waals surface area contributed by atoms with Crippen molar-refractivity contribution in [2.75, 3.05) is 6.54 Å². The standard InChI is InChI=1S/C9H11NO2.C6H14N2O2.C6H13NO2.C5H11NO2/c10-8(9(11)12)6-7-4-2-1-3-5-7;7-4-2-1-3-5(8)6(9)10;1-4(2)3-5(7)6(8)9;1-3(2)4(6)5(7)8/h1-5,8H,6,10H2,(H,11,12);5H,1-4,7-8H2,(H,9,10);4-5H,3,7H2,1-2H3,(H,8,9);3-4H,6H2,1-2H3,(H,7,8). The minimum absolute atomic E-state index is 0.0208. The van der Waals surface area contributed by atoms with Gasteiger partial charge in [0, 0.05) is 0 Å². The zero-order chi connectivity index (χ0) is 31.1. The summed E-state index contributed by atoms with van der Waals surface area (Å²) in [6.45, 7) is 8.05.